The van der Waals surface area contributed by atoms with Crippen molar-refractivity contribution in [2.45, 2.75) is 6.92 Å². The number of hydrogen-bond acceptors (Lipinski definition) is 5. The van der Waals surface area contributed by atoms with Gasteiger partial charge in [0.05, 0.1) is 4.92 Å². The Balaban J connectivity index is 3.21. The first kappa shape index (κ1) is 10.3. The maximum absolute atomic E-state index is 10.6. The molecule has 6 heteroatoms. The number of benzene rings is 1. The highest BCUT2D eigenvalue weighted by atomic mass is 16.6. The molecule has 0 spiro atoms. The second-order valence-electron chi connectivity index (χ2n) is 2.72. The van der Waals surface area contributed by atoms with Gasteiger partial charge in [0.15, 0.2) is 0 Å². The summed E-state index contributed by atoms with van der Waals surface area (Å²) >= 11 is 0. The van der Waals surface area contributed by atoms with Crippen LogP contribution in [0, 0.1) is 10.1 Å². The van der Waals surface area contributed by atoms with E-state index in [1.54, 1.807) is 6.92 Å². The smallest absolute Gasteiger partial charge is 0.296 e. The van der Waals surface area contributed by atoms with Crippen LogP contribution in [0.5, 0.6) is 0 Å². The molecule has 0 aliphatic rings. The molecule has 76 valence electrons. The van der Waals surface area contributed by atoms with Gasteiger partial charge in [-0.25, -0.2) is 0 Å². The zero-order valence-electron chi connectivity index (χ0n) is 7.67. The monoisotopic (exact) mass is 197 g/mol. The molecule has 0 atom stereocenters. The van der Waals surface area contributed by atoms with Crippen LogP contribution in [-0.4, -0.2) is 16.7 Å². The number of rotatable bonds is 3. The van der Waals surface area contributed by atoms with Crippen molar-refractivity contribution in [1.82, 2.24) is 0 Å². The molecule has 0 aliphatic heterocycles. The van der Waals surface area contributed by atoms with Gasteiger partial charge in [-0.1, -0.05) is 0 Å². The third kappa shape index (κ3) is 1.91. The van der Waals surface area contributed by atoms with Gasteiger partial charge in [-0.2, -0.15) is 0 Å². The van der Waals surface area contributed by atoms with Crippen LogP contribution in [-0.2, 0) is 0 Å². The molecular formula is C8H11N3O3. The fourth-order valence-corrected chi connectivity index (χ4v) is 1.08. The number of nitrogen functional groups attached to an aromatic ring is 1. The molecule has 6 nitrogen and oxygen atoms in total. The number of hydrogen-bond donors (Lipinski definition) is 2. The Bertz CT molecular complexity index is 354. The van der Waals surface area contributed by atoms with Crippen molar-refractivity contribution in [1.29, 1.82) is 0 Å². The average Bonchev–Trinajstić information content (AvgIpc) is 2.16. The van der Waals surface area contributed by atoms with E-state index >= 15 is 0 Å². The van der Waals surface area contributed by atoms with Crippen LogP contribution in [0.15, 0.2) is 18.2 Å². The van der Waals surface area contributed by atoms with Gasteiger partial charge in [0.25, 0.3) is 5.69 Å². The van der Waals surface area contributed by atoms with E-state index in [-0.39, 0.29) is 17.9 Å². The van der Waals surface area contributed by atoms with Crippen molar-refractivity contribution in [2.75, 3.05) is 17.3 Å². The van der Waals surface area contributed by atoms with Crippen LogP contribution >= 0.6 is 0 Å². The first-order valence-corrected chi connectivity index (χ1v) is 4.06. The minimum absolute atomic E-state index is 0.145. The zero-order chi connectivity index (χ0) is 10.7. The van der Waals surface area contributed by atoms with Gasteiger partial charge in [-0.15, -0.1) is 0 Å². The molecule has 0 aromatic heterocycles. The third-order valence-corrected chi connectivity index (χ3v) is 1.77. The average molecular weight is 197 g/mol. The highest BCUT2D eigenvalue weighted by Crippen LogP contribution is 2.28. The molecule has 0 heterocycles. The van der Waals surface area contributed by atoms with Crippen molar-refractivity contribution in [3.8, 4) is 0 Å². The lowest BCUT2D eigenvalue weighted by molar-refractivity contribution is -0.384. The maximum atomic E-state index is 10.6. The largest absolute Gasteiger partial charge is 0.399 e. The number of hydroxylamine groups is 1. The second-order valence-corrected chi connectivity index (χ2v) is 2.72. The van der Waals surface area contributed by atoms with E-state index < -0.39 is 4.92 Å². The molecule has 0 aliphatic carbocycles. The standard InChI is InChI=1S/C8H11N3O3/c1-2-10(12)7-4-3-6(9)5-8(7)11(13)14/h3-5,12H,2,9H2,1H3. The Labute approximate surface area is 80.7 Å². The molecule has 0 fully saturated rings. The quantitative estimate of drug-likeness (QED) is 0.434. The summed E-state index contributed by atoms with van der Waals surface area (Å²) in [5.41, 5.74) is 5.64. The summed E-state index contributed by atoms with van der Waals surface area (Å²) in [7, 11) is 0. The molecule has 0 radical (unpaired) electrons. The van der Waals surface area contributed by atoms with Crippen molar-refractivity contribution < 1.29 is 10.1 Å². The summed E-state index contributed by atoms with van der Waals surface area (Å²) in [6.45, 7) is 1.95. The molecule has 0 unspecified atom stereocenters. The van der Waals surface area contributed by atoms with Crippen LogP contribution in [0.3, 0.4) is 0 Å². The third-order valence-electron chi connectivity index (χ3n) is 1.77. The van der Waals surface area contributed by atoms with E-state index in [9.17, 15) is 15.3 Å². The summed E-state index contributed by atoms with van der Waals surface area (Å²) in [6, 6.07) is 4.13. The predicted octanol–water partition coefficient (Wildman–Crippen LogP) is 1.39. The van der Waals surface area contributed by atoms with E-state index in [0.29, 0.717) is 5.69 Å². The SMILES string of the molecule is CCN(O)c1ccc(N)cc1[N+](=O)[O-]. The normalized spacial score (nSPS) is 9.86. The Morgan fingerprint density at radius 1 is 1.64 bits per heavy atom. The van der Waals surface area contributed by atoms with E-state index in [0.717, 1.165) is 5.06 Å². The Morgan fingerprint density at radius 2 is 2.29 bits per heavy atom. The first-order valence-electron chi connectivity index (χ1n) is 4.06. The van der Waals surface area contributed by atoms with Crippen molar-refractivity contribution >= 4 is 17.1 Å². The van der Waals surface area contributed by atoms with E-state index in [1.807, 2.05) is 0 Å². The summed E-state index contributed by atoms with van der Waals surface area (Å²) in [4.78, 5) is 10.0. The molecule has 3 N–H and O–H groups in total. The molecular weight excluding hydrogens is 186 g/mol. The first-order chi connectivity index (χ1) is 6.56. The number of nitro groups is 1. The van der Waals surface area contributed by atoms with Gasteiger partial charge < -0.3 is 5.73 Å². The molecule has 0 amide bonds. The minimum atomic E-state index is -0.579. The van der Waals surface area contributed by atoms with Gasteiger partial charge in [0.1, 0.15) is 5.69 Å². The lowest BCUT2D eigenvalue weighted by Crippen LogP contribution is -2.18. The lowest BCUT2D eigenvalue weighted by atomic mass is 10.2. The van der Waals surface area contributed by atoms with E-state index in [2.05, 4.69) is 0 Å². The molecule has 1 aromatic carbocycles. The molecule has 0 bridgehead atoms. The Morgan fingerprint density at radius 3 is 2.79 bits per heavy atom. The molecule has 0 saturated carbocycles. The maximum Gasteiger partial charge on any atom is 0.296 e. The summed E-state index contributed by atoms with van der Waals surface area (Å²) < 4.78 is 0. The van der Waals surface area contributed by atoms with Crippen molar-refractivity contribution in [3.05, 3.63) is 28.3 Å². The minimum Gasteiger partial charge on any atom is -0.399 e. The fraction of sp³-hybridized carbons (Fsp3) is 0.250. The highest BCUT2D eigenvalue weighted by molar-refractivity contribution is 5.66. The topological polar surface area (TPSA) is 92.6 Å². The summed E-state index contributed by atoms with van der Waals surface area (Å²) in [6.07, 6.45) is 0. The fourth-order valence-electron chi connectivity index (χ4n) is 1.08. The number of nitrogens with two attached hydrogens (primary N) is 1. The molecule has 1 aromatic rings. The second kappa shape index (κ2) is 3.93. The Kier molecular flexibility index (Phi) is 2.88. The van der Waals surface area contributed by atoms with Gasteiger partial charge in [-0.3, -0.25) is 20.4 Å². The van der Waals surface area contributed by atoms with Crippen LogP contribution in [0.4, 0.5) is 17.1 Å². The van der Waals surface area contributed by atoms with Gasteiger partial charge in [0, 0.05) is 18.3 Å². The van der Waals surface area contributed by atoms with E-state index in [1.165, 1.54) is 18.2 Å². The number of anilines is 2. The summed E-state index contributed by atoms with van der Waals surface area (Å²) in [5, 5.41) is 20.7. The Hall–Kier alpha value is -1.82. The van der Waals surface area contributed by atoms with Crippen LogP contribution in [0.1, 0.15) is 6.92 Å². The van der Waals surface area contributed by atoms with Crippen LogP contribution in [0.25, 0.3) is 0 Å². The van der Waals surface area contributed by atoms with Crippen molar-refractivity contribution in [2.24, 2.45) is 0 Å². The summed E-state index contributed by atoms with van der Waals surface area (Å²) in [5.74, 6) is 0. The van der Waals surface area contributed by atoms with E-state index in [4.69, 9.17) is 5.73 Å². The molecule has 0 saturated heterocycles. The van der Waals surface area contributed by atoms with Crippen LogP contribution in [0.2, 0.25) is 0 Å². The van der Waals surface area contributed by atoms with Crippen LogP contribution < -0.4 is 10.8 Å². The number of nitro benzene ring substituents is 1. The zero-order valence-corrected chi connectivity index (χ0v) is 7.67. The van der Waals surface area contributed by atoms with Crippen molar-refractivity contribution in [3.63, 3.8) is 0 Å². The predicted molar refractivity (Wildman–Crippen MR) is 52.3 cm³/mol. The number of nitrogens with zero attached hydrogens (tertiary/aromatic N) is 2. The van der Waals surface area contributed by atoms with Gasteiger partial charge in [-0.05, 0) is 19.1 Å². The lowest BCUT2D eigenvalue weighted by Gasteiger charge is -2.14. The van der Waals surface area contributed by atoms with Gasteiger partial charge >= 0.3 is 0 Å². The van der Waals surface area contributed by atoms with Gasteiger partial charge in [0.2, 0.25) is 0 Å². The molecule has 1 rings (SSSR count). The molecule has 14 heavy (non-hydrogen) atoms. The highest BCUT2D eigenvalue weighted by Gasteiger charge is 2.17.